The van der Waals surface area contributed by atoms with E-state index >= 15 is 0 Å². The zero-order chi connectivity index (χ0) is 12.3. The Balaban J connectivity index is 3.05. The summed E-state index contributed by atoms with van der Waals surface area (Å²) in [7, 11) is -3.23. The average molecular weight is 248 g/mol. The fourth-order valence-electron chi connectivity index (χ4n) is 1.18. The maximum atomic E-state index is 11.6. The average Bonchev–Trinajstić information content (AvgIpc) is 2.14. The molecule has 5 nitrogen and oxygen atoms in total. The van der Waals surface area contributed by atoms with Crippen molar-refractivity contribution >= 4 is 15.8 Å². The van der Waals surface area contributed by atoms with Gasteiger partial charge in [0.2, 0.25) is 0 Å². The van der Waals surface area contributed by atoms with Crippen LogP contribution in [0.2, 0.25) is 0 Å². The summed E-state index contributed by atoms with van der Waals surface area (Å²) in [5.41, 5.74) is -0.0600. The van der Waals surface area contributed by atoms with Crippen molar-refractivity contribution in [2.75, 3.05) is 6.26 Å². The molecule has 0 spiro atoms. The summed E-state index contributed by atoms with van der Waals surface area (Å²) in [4.78, 5) is 13.7. The number of rotatable bonds is 3. The molecule has 0 atom stereocenters. The highest BCUT2D eigenvalue weighted by Gasteiger charge is 2.15. The SMILES string of the molecule is CS(=O)(=O)Cc1ccc(C(=O)OF)c(O)c1. The molecule has 0 amide bonds. The monoisotopic (exact) mass is 248 g/mol. The van der Waals surface area contributed by atoms with E-state index in [0.717, 1.165) is 18.4 Å². The van der Waals surface area contributed by atoms with Crippen molar-refractivity contribution < 1.29 is 27.8 Å². The van der Waals surface area contributed by atoms with Crippen molar-refractivity contribution in [1.29, 1.82) is 0 Å². The summed E-state index contributed by atoms with van der Waals surface area (Å²) in [5, 5.41) is 9.33. The fourth-order valence-corrected chi connectivity index (χ4v) is 1.97. The molecule has 0 saturated carbocycles. The van der Waals surface area contributed by atoms with Crippen molar-refractivity contribution in [3.05, 3.63) is 29.3 Å². The third-order valence-electron chi connectivity index (χ3n) is 1.78. The Morgan fingerprint density at radius 3 is 2.56 bits per heavy atom. The topological polar surface area (TPSA) is 80.7 Å². The van der Waals surface area contributed by atoms with E-state index in [0.29, 0.717) is 5.56 Å². The molecule has 7 heteroatoms. The highest BCUT2D eigenvalue weighted by molar-refractivity contribution is 7.89. The standard InChI is InChI=1S/C9H9FO5S/c1-16(13,14)5-6-2-3-7(8(11)4-6)9(12)15-10/h2-4,11H,5H2,1H3. The molecular weight excluding hydrogens is 239 g/mol. The van der Waals surface area contributed by atoms with Crippen molar-refractivity contribution in [1.82, 2.24) is 0 Å². The quantitative estimate of drug-likeness (QED) is 0.862. The van der Waals surface area contributed by atoms with E-state index in [-0.39, 0.29) is 11.3 Å². The molecule has 0 heterocycles. The molecule has 0 aliphatic heterocycles. The van der Waals surface area contributed by atoms with Gasteiger partial charge < -0.3 is 5.11 Å². The van der Waals surface area contributed by atoms with Gasteiger partial charge in [0.25, 0.3) is 0 Å². The summed E-state index contributed by atoms with van der Waals surface area (Å²) < 4.78 is 33.5. The predicted octanol–water partition coefficient (Wildman–Crippen LogP) is 0.978. The van der Waals surface area contributed by atoms with Crippen LogP contribution < -0.4 is 0 Å². The van der Waals surface area contributed by atoms with Crippen molar-refractivity contribution in [3.8, 4) is 5.75 Å². The van der Waals surface area contributed by atoms with Crippen LogP contribution in [-0.4, -0.2) is 25.7 Å². The van der Waals surface area contributed by atoms with Crippen LogP contribution in [-0.2, 0) is 20.5 Å². The number of carbonyl (C=O) groups is 1. The van der Waals surface area contributed by atoms with Crippen LogP contribution in [0.15, 0.2) is 18.2 Å². The van der Waals surface area contributed by atoms with Crippen LogP contribution in [0.5, 0.6) is 5.75 Å². The second-order valence-corrected chi connectivity index (χ2v) is 5.43. The number of phenolic OH excluding ortho intramolecular Hbond substituents is 1. The molecule has 1 rings (SSSR count). The third-order valence-corrected chi connectivity index (χ3v) is 2.64. The largest absolute Gasteiger partial charge is 0.507 e. The number of carbonyl (C=O) groups excluding carboxylic acids is 1. The van der Waals surface area contributed by atoms with Crippen molar-refractivity contribution in [2.24, 2.45) is 0 Å². The first-order chi connectivity index (χ1) is 7.33. The van der Waals surface area contributed by atoms with Gasteiger partial charge in [0.15, 0.2) is 9.84 Å². The molecule has 0 unspecified atom stereocenters. The zero-order valence-corrected chi connectivity index (χ0v) is 9.12. The molecular formula is C9H9FO5S. The summed E-state index contributed by atoms with van der Waals surface area (Å²) in [6, 6.07) is 3.47. The molecule has 0 aromatic heterocycles. The Hall–Kier alpha value is -1.63. The smallest absolute Gasteiger partial charge is 0.383 e. The van der Waals surface area contributed by atoms with E-state index in [2.05, 4.69) is 4.94 Å². The zero-order valence-electron chi connectivity index (χ0n) is 8.31. The molecule has 0 bridgehead atoms. The van der Waals surface area contributed by atoms with Crippen LogP contribution in [0.4, 0.5) is 4.53 Å². The van der Waals surface area contributed by atoms with Crippen LogP contribution in [0, 0.1) is 0 Å². The molecule has 88 valence electrons. The highest BCUT2D eigenvalue weighted by atomic mass is 32.2. The van der Waals surface area contributed by atoms with Crippen molar-refractivity contribution in [3.63, 3.8) is 0 Å². The number of hydrogen-bond donors (Lipinski definition) is 1. The Kier molecular flexibility index (Phi) is 3.48. The lowest BCUT2D eigenvalue weighted by molar-refractivity contribution is -0.0789. The third kappa shape index (κ3) is 3.20. The van der Waals surface area contributed by atoms with E-state index in [1.165, 1.54) is 6.07 Å². The van der Waals surface area contributed by atoms with E-state index in [1.807, 2.05) is 0 Å². The predicted molar refractivity (Wildman–Crippen MR) is 53.2 cm³/mol. The Bertz CT molecular complexity index is 509. The number of hydrogen-bond acceptors (Lipinski definition) is 5. The van der Waals surface area contributed by atoms with Gasteiger partial charge in [-0.05, 0) is 17.7 Å². The van der Waals surface area contributed by atoms with Gasteiger partial charge in [-0.25, -0.2) is 18.2 Å². The molecule has 0 aliphatic carbocycles. The Morgan fingerprint density at radius 2 is 2.12 bits per heavy atom. The van der Waals surface area contributed by atoms with Gasteiger partial charge in [0, 0.05) is 10.8 Å². The second-order valence-electron chi connectivity index (χ2n) is 3.29. The number of benzene rings is 1. The molecule has 0 aliphatic rings. The van der Waals surface area contributed by atoms with E-state index in [9.17, 15) is 22.8 Å². The minimum Gasteiger partial charge on any atom is -0.507 e. The second kappa shape index (κ2) is 4.48. The Morgan fingerprint density at radius 1 is 1.50 bits per heavy atom. The lowest BCUT2D eigenvalue weighted by Gasteiger charge is -2.03. The van der Waals surface area contributed by atoms with E-state index < -0.39 is 21.6 Å². The number of aromatic hydroxyl groups is 1. The molecule has 16 heavy (non-hydrogen) atoms. The summed E-state index contributed by atoms with van der Waals surface area (Å²) in [5.74, 6) is -2.13. The normalized spacial score (nSPS) is 11.1. The molecule has 0 saturated heterocycles. The minimum atomic E-state index is -3.23. The summed E-state index contributed by atoms with van der Waals surface area (Å²) in [6.07, 6.45) is 1.04. The number of phenols is 1. The van der Waals surface area contributed by atoms with Crippen LogP contribution >= 0.6 is 0 Å². The van der Waals surface area contributed by atoms with Crippen molar-refractivity contribution in [2.45, 2.75) is 5.75 Å². The maximum absolute atomic E-state index is 11.6. The van der Waals surface area contributed by atoms with E-state index in [4.69, 9.17) is 0 Å². The molecule has 1 N–H and O–H groups in total. The highest BCUT2D eigenvalue weighted by Crippen LogP contribution is 2.21. The minimum absolute atomic E-state index is 0.272. The first-order valence-corrected chi connectivity index (χ1v) is 6.22. The van der Waals surface area contributed by atoms with Gasteiger partial charge in [-0.2, -0.15) is 0 Å². The molecule has 1 aromatic carbocycles. The van der Waals surface area contributed by atoms with Crippen LogP contribution in [0.1, 0.15) is 15.9 Å². The fraction of sp³-hybridized carbons (Fsp3) is 0.222. The van der Waals surface area contributed by atoms with Gasteiger partial charge in [0.1, 0.15) is 11.3 Å². The van der Waals surface area contributed by atoms with Gasteiger partial charge in [-0.3, -0.25) is 0 Å². The lowest BCUT2D eigenvalue weighted by Crippen LogP contribution is -2.03. The van der Waals surface area contributed by atoms with Gasteiger partial charge in [-0.1, -0.05) is 6.07 Å². The first kappa shape index (κ1) is 12.4. The molecule has 1 aromatic rings. The molecule has 0 radical (unpaired) electrons. The Labute approximate surface area is 91.3 Å². The first-order valence-electron chi connectivity index (χ1n) is 4.16. The lowest BCUT2D eigenvalue weighted by atomic mass is 10.1. The van der Waals surface area contributed by atoms with Gasteiger partial charge in [0.05, 0.1) is 5.75 Å². The maximum Gasteiger partial charge on any atom is 0.383 e. The van der Waals surface area contributed by atoms with E-state index in [1.54, 1.807) is 0 Å². The number of sulfone groups is 1. The summed E-state index contributed by atoms with van der Waals surface area (Å²) in [6.45, 7) is 0. The van der Waals surface area contributed by atoms with Crippen LogP contribution in [0.25, 0.3) is 0 Å². The van der Waals surface area contributed by atoms with Gasteiger partial charge >= 0.3 is 5.97 Å². The van der Waals surface area contributed by atoms with Gasteiger partial charge in [-0.15, -0.1) is 0 Å². The summed E-state index contributed by atoms with van der Waals surface area (Å²) >= 11 is 0. The van der Waals surface area contributed by atoms with Crippen LogP contribution in [0.3, 0.4) is 0 Å². The number of halogens is 1. The molecule has 0 fully saturated rings.